The molecule has 0 aromatic carbocycles. The number of nitrogens with one attached hydrogen (secondary N) is 1. The summed E-state index contributed by atoms with van der Waals surface area (Å²) in [5.41, 5.74) is 0.334. The van der Waals surface area contributed by atoms with E-state index >= 15 is 0 Å². The largest absolute Gasteiger partial charge is 0.372 e. The van der Waals surface area contributed by atoms with Gasteiger partial charge in [-0.2, -0.15) is 0 Å². The molecule has 116 valence electrons. The molecule has 2 nitrogen and oxygen atoms in total. The van der Waals surface area contributed by atoms with E-state index < -0.39 is 0 Å². The first-order chi connectivity index (χ1) is 9.81. The number of rotatable bonds is 8. The molecular weight excluding hydrogens is 246 g/mol. The van der Waals surface area contributed by atoms with Crippen LogP contribution in [0.25, 0.3) is 0 Å². The quantitative estimate of drug-likeness (QED) is 0.710. The van der Waals surface area contributed by atoms with Crippen LogP contribution in [0.15, 0.2) is 0 Å². The van der Waals surface area contributed by atoms with Crippen molar-refractivity contribution < 1.29 is 4.74 Å². The van der Waals surface area contributed by atoms with Crippen LogP contribution < -0.4 is 5.32 Å². The van der Waals surface area contributed by atoms with E-state index in [9.17, 15) is 0 Å². The fourth-order valence-corrected chi connectivity index (χ4v) is 4.38. The number of hydrogen-bond donors (Lipinski definition) is 1. The van der Waals surface area contributed by atoms with E-state index in [-0.39, 0.29) is 0 Å². The second-order valence-corrected chi connectivity index (χ2v) is 7.50. The summed E-state index contributed by atoms with van der Waals surface area (Å²) in [4.78, 5) is 0. The van der Waals surface area contributed by atoms with Crippen LogP contribution in [0.5, 0.6) is 0 Å². The molecule has 0 amide bonds. The first-order valence-corrected chi connectivity index (χ1v) is 9.22. The van der Waals surface area contributed by atoms with Crippen LogP contribution in [0, 0.1) is 5.92 Å². The molecule has 1 spiro atoms. The third-order valence-corrected chi connectivity index (χ3v) is 5.74. The zero-order chi connectivity index (χ0) is 13.8. The normalized spacial score (nSPS) is 30.1. The summed E-state index contributed by atoms with van der Waals surface area (Å²) < 4.78 is 6.43. The highest BCUT2D eigenvalue weighted by atomic mass is 16.5. The number of ether oxygens (including phenoxy) is 1. The lowest BCUT2D eigenvalue weighted by molar-refractivity contribution is -0.0397. The van der Waals surface area contributed by atoms with Crippen LogP contribution in [0.4, 0.5) is 0 Å². The maximum absolute atomic E-state index is 6.43. The van der Waals surface area contributed by atoms with E-state index in [1.165, 1.54) is 83.6 Å². The smallest absolute Gasteiger partial charge is 0.0687 e. The Morgan fingerprint density at radius 2 is 1.95 bits per heavy atom. The first-order valence-electron chi connectivity index (χ1n) is 9.22. The van der Waals surface area contributed by atoms with E-state index in [0.717, 1.165) is 12.0 Å². The molecule has 2 atom stereocenters. The van der Waals surface area contributed by atoms with Gasteiger partial charge in [-0.1, -0.05) is 19.8 Å². The molecule has 1 saturated heterocycles. The van der Waals surface area contributed by atoms with Crippen LogP contribution >= 0.6 is 0 Å². The summed E-state index contributed by atoms with van der Waals surface area (Å²) in [5.74, 6) is 0.993. The SMILES string of the molecule is CCCNC(CCCC1CCC2(CCCC2)O1)C1CC1. The molecule has 3 fully saturated rings. The molecule has 3 rings (SSSR count). The van der Waals surface area contributed by atoms with Crippen LogP contribution in [-0.2, 0) is 4.74 Å². The van der Waals surface area contributed by atoms with E-state index in [0.29, 0.717) is 11.7 Å². The molecule has 1 heterocycles. The Bertz CT molecular complexity index is 294. The molecule has 0 bridgehead atoms. The van der Waals surface area contributed by atoms with Gasteiger partial charge < -0.3 is 10.1 Å². The van der Waals surface area contributed by atoms with E-state index in [1.54, 1.807) is 0 Å². The van der Waals surface area contributed by atoms with Crippen molar-refractivity contribution in [1.29, 1.82) is 0 Å². The van der Waals surface area contributed by atoms with Crippen LogP contribution in [-0.4, -0.2) is 24.3 Å². The zero-order valence-corrected chi connectivity index (χ0v) is 13.3. The molecule has 1 N–H and O–H groups in total. The van der Waals surface area contributed by atoms with Gasteiger partial charge in [0.05, 0.1) is 11.7 Å². The average Bonchev–Trinajstić information content (AvgIpc) is 3.08. The molecule has 1 aliphatic heterocycles. The molecule has 2 aliphatic carbocycles. The molecule has 2 saturated carbocycles. The van der Waals surface area contributed by atoms with Gasteiger partial charge >= 0.3 is 0 Å². The summed E-state index contributed by atoms with van der Waals surface area (Å²) in [6, 6.07) is 0.803. The van der Waals surface area contributed by atoms with Crippen molar-refractivity contribution in [3.05, 3.63) is 0 Å². The monoisotopic (exact) mass is 279 g/mol. The predicted octanol–water partition coefficient (Wildman–Crippen LogP) is 4.43. The Hall–Kier alpha value is -0.0800. The second kappa shape index (κ2) is 6.79. The number of hydrogen-bond acceptors (Lipinski definition) is 2. The van der Waals surface area contributed by atoms with Crippen molar-refractivity contribution in [2.75, 3.05) is 6.54 Å². The van der Waals surface area contributed by atoms with Crippen molar-refractivity contribution in [2.24, 2.45) is 5.92 Å². The molecule has 0 aromatic rings. The predicted molar refractivity (Wildman–Crippen MR) is 84.0 cm³/mol. The van der Waals surface area contributed by atoms with E-state index in [2.05, 4.69) is 12.2 Å². The van der Waals surface area contributed by atoms with Crippen molar-refractivity contribution in [3.8, 4) is 0 Å². The maximum atomic E-state index is 6.43. The standard InChI is InChI=1S/C18H33NO/c1-2-14-19-17(15-8-9-15)7-5-6-16-10-13-18(20-16)11-3-4-12-18/h15-17,19H,2-14H2,1H3. The molecule has 0 aromatic heterocycles. The zero-order valence-electron chi connectivity index (χ0n) is 13.3. The maximum Gasteiger partial charge on any atom is 0.0687 e. The molecule has 2 unspecified atom stereocenters. The fraction of sp³-hybridized carbons (Fsp3) is 1.00. The van der Waals surface area contributed by atoms with Crippen LogP contribution in [0.1, 0.15) is 84.0 Å². The van der Waals surface area contributed by atoms with Crippen molar-refractivity contribution in [2.45, 2.75) is 102 Å². The average molecular weight is 279 g/mol. The highest BCUT2D eigenvalue weighted by Gasteiger charge is 2.41. The van der Waals surface area contributed by atoms with Gasteiger partial charge in [0, 0.05) is 6.04 Å². The lowest BCUT2D eigenvalue weighted by Crippen LogP contribution is -2.32. The van der Waals surface area contributed by atoms with Gasteiger partial charge in [0.2, 0.25) is 0 Å². The molecular formula is C18H33NO. The lowest BCUT2D eigenvalue weighted by atomic mass is 9.97. The minimum absolute atomic E-state index is 0.334. The van der Waals surface area contributed by atoms with Gasteiger partial charge in [-0.3, -0.25) is 0 Å². The Morgan fingerprint density at radius 1 is 1.15 bits per heavy atom. The lowest BCUT2D eigenvalue weighted by Gasteiger charge is -2.24. The van der Waals surface area contributed by atoms with Gasteiger partial charge in [0.15, 0.2) is 0 Å². The topological polar surface area (TPSA) is 21.3 Å². The van der Waals surface area contributed by atoms with Crippen LogP contribution in [0.3, 0.4) is 0 Å². The Kier molecular flexibility index (Phi) is 5.04. The summed E-state index contributed by atoms with van der Waals surface area (Å²) >= 11 is 0. The fourth-order valence-electron chi connectivity index (χ4n) is 4.38. The third kappa shape index (κ3) is 3.76. The Morgan fingerprint density at radius 3 is 2.65 bits per heavy atom. The summed E-state index contributed by atoms with van der Waals surface area (Å²) in [5, 5.41) is 3.76. The van der Waals surface area contributed by atoms with Crippen molar-refractivity contribution in [3.63, 3.8) is 0 Å². The van der Waals surface area contributed by atoms with Gasteiger partial charge in [0.1, 0.15) is 0 Å². The van der Waals surface area contributed by atoms with Gasteiger partial charge in [-0.15, -0.1) is 0 Å². The summed E-state index contributed by atoms with van der Waals surface area (Å²) in [7, 11) is 0. The minimum Gasteiger partial charge on any atom is -0.372 e. The van der Waals surface area contributed by atoms with Crippen molar-refractivity contribution >= 4 is 0 Å². The van der Waals surface area contributed by atoms with Crippen molar-refractivity contribution in [1.82, 2.24) is 5.32 Å². The van der Waals surface area contributed by atoms with E-state index in [4.69, 9.17) is 4.74 Å². The highest BCUT2D eigenvalue weighted by Crippen LogP contribution is 2.44. The molecule has 20 heavy (non-hydrogen) atoms. The first kappa shape index (κ1) is 14.8. The van der Waals surface area contributed by atoms with Gasteiger partial charge in [0.25, 0.3) is 0 Å². The van der Waals surface area contributed by atoms with Gasteiger partial charge in [-0.25, -0.2) is 0 Å². The highest BCUT2D eigenvalue weighted by molar-refractivity contribution is 4.93. The van der Waals surface area contributed by atoms with Crippen LogP contribution in [0.2, 0.25) is 0 Å². The van der Waals surface area contributed by atoms with Gasteiger partial charge in [-0.05, 0) is 76.7 Å². The minimum atomic E-state index is 0.334. The molecule has 2 heteroatoms. The molecule has 3 aliphatic rings. The third-order valence-electron chi connectivity index (χ3n) is 5.74. The summed E-state index contributed by atoms with van der Waals surface area (Å²) in [6.45, 7) is 3.47. The second-order valence-electron chi connectivity index (χ2n) is 7.50. The Balaban J connectivity index is 1.35. The Labute approximate surface area is 125 Å². The van der Waals surface area contributed by atoms with E-state index in [1.807, 2.05) is 0 Å². The molecule has 0 radical (unpaired) electrons. The summed E-state index contributed by atoms with van der Waals surface area (Å²) in [6.07, 6.45) is 17.0.